The Balaban J connectivity index is 1.42. The third-order valence-electron chi connectivity index (χ3n) is 5.71. The highest BCUT2D eigenvalue weighted by molar-refractivity contribution is 6.11. The number of carbonyl (C=O) groups excluding carboxylic acids is 1. The Morgan fingerprint density at radius 1 is 1.03 bits per heavy atom. The lowest BCUT2D eigenvalue weighted by molar-refractivity contribution is 0.103. The lowest BCUT2D eigenvalue weighted by Crippen LogP contribution is -2.48. The van der Waals surface area contributed by atoms with Crippen molar-refractivity contribution >= 4 is 28.9 Å². The number of anilines is 4. The highest BCUT2D eigenvalue weighted by Crippen LogP contribution is 2.23. The summed E-state index contributed by atoms with van der Waals surface area (Å²) in [6, 6.07) is 14.4. The van der Waals surface area contributed by atoms with Gasteiger partial charge in [-0.05, 0) is 50.2 Å². The summed E-state index contributed by atoms with van der Waals surface area (Å²) < 4.78 is 13.9. The van der Waals surface area contributed by atoms with Crippen molar-refractivity contribution in [2.75, 3.05) is 42.1 Å². The van der Waals surface area contributed by atoms with E-state index in [0.29, 0.717) is 6.04 Å². The Bertz CT molecular complexity index is 1090. The van der Waals surface area contributed by atoms with Gasteiger partial charge in [-0.2, -0.15) is 4.98 Å². The first-order valence-corrected chi connectivity index (χ1v) is 10.7. The minimum absolute atomic E-state index is 0.00426. The Labute approximate surface area is 187 Å². The second kappa shape index (κ2) is 9.32. The summed E-state index contributed by atoms with van der Waals surface area (Å²) in [6.45, 7) is 8.58. The number of hydrogen-bond donors (Lipinski definition) is 2. The third kappa shape index (κ3) is 4.70. The molecular formula is C24H27FN6O. The molecule has 1 saturated heterocycles. The van der Waals surface area contributed by atoms with E-state index in [0.717, 1.165) is 31.9 Å². The maximum absolute atomic E-state index is 13.9. The minimum atomic E-state index is -0.607. The Kier molecular flexibility index (Phi) is 6.32. The van der Waals surface area contributed by atoms with E-state index in [2.05, 4.69) is 51.1 Å². The molecule has 3 aromatic rings. The predicted molar refractivity (Wildman–Crippen MR) is 125 cm³/mol. The summed E-state index contributed by atoms with van der Waals surface area (Å²) in [5.41, 5.74) is 7.96. The minimum Gasteiger partial charge on any atom is -0.383 e. The van der Waals surface area contributed by atoms with Crippen LogP contribution in [0, 0.1) is 5.82 Å². The standard InChI is InChI=1S/C24H27FN6O/c1-16(2)30-11-13-31(14-12-30)18-9-7-17(8-10-18)28-24-27-15-20(23(26)29-24)22(32)19-5-3-4-6-21(19)25/h3-10,15-16H,11-14H2,1-2H3,(H3,26,27,28,29). The molecule has 1 aliphatic rings. The quantitative estimate of drug-likeness (QED) is 0.572. The largest absolute Gasteiger partial charge is 0.383 e. The average molecular weight is 435 g/mol. The number of hydrogen-bond acceptors (Lipinski definition) is 7. The van der Waals surface area contributed by atoms with Gasteiger partial charge in [0.05, 0.1) is 11.1 Å². The molecule has 0 bridgehead atoms. The molecule has 3 N–H and O–H groups in total. The zero-order valence-electron chi connectivity index (χ0n) is 18.3. The van der Waals surface area contributed by atoms with E-state index in [1.165, 1.54) is 30.1 Å². The highest BCUT2D eigenvalue weighted by atomic mass is 19.1. The fourth-order valence-corrected chi connectivity index (χ4v) is 3.80. The fourth-order valence-electron chi connectivity index (χ4n) is 3.80. The van der Waals surface area contributed by atoms with Crippen molar-refractivity contribution < 1.29 is 9.18 Å². The van der Waals surface area contributed by atoms with Crippen LogP contribution in [0.5, 0.6) is 0 Å². The van der Waals surface area contributed by atoms with Crippen LogP contribution in [0.2, 0.25) is 0 Å². The second-order valence-corrected chi connectivity index (χ2v) is 8.09. The zero-order valence-corrected chi connectivity index (χ0v) is 18.3. The third-order valence-corrected chi connectivity index (χ3v) is 5.71. The molecule has 0 aliphatic carbocycles. The first-order valence-electron chi connectivity index (χ1n) is 10.7. The molecule has 0 atom stereocenters. The van der Waals surface area contributed by atoms with E-state index < -0.39 is 11.6 Å². The predicted octanol–water partition coefficient (Wildman–Crippen LogP) is 3.70. The lowest BCUT2D eigenvalue weighted by Gasteiger charge is -2.38. The van der Waals surface area contributed by atoms with E-state index in [-0.39, 0.29) is 22.9 Å². The maximum atomic E-state index is 13.9. The van der Waals surface area contributed by atoms with Crippen LogP contribution in [0.4, 0.5) is 27.5 Å². The molecule has 1 aromatic heterocycles. The molecule has 32 heavy (non-hydrogen) atoms. The van der Waals surface area contributed by atoms with E-state index in [9.17, 15) is 9.18 Å². The molecule has 8 heteroatoms. The molecule has 0 unspecified atom stereocenters. The van der Waals surface area contributed by atoms with Crippen LogP contribution in [0.15, 0.2) is 54.7 Å². The zero-order chi connectivity index (χ0) is 22.7. The van der Waals surface area contributed by atoms with Crippen molar-refractivity contribution in [3.8, 4) is 0 Å². The van der Waals surface area contributed by atoms with Crippen molar-refractivity contribution in [1.29, 1.82) is 0 Å². The number of nitrogens with one attached hydrogen (secondary N) is 1. The summed E-state index contributed by atoms with van der Waals surface area (Å²) in [6.07, 6.45) is 1.32. The summed E-state index contributed by atoms with van der Waals surface area (Å²) in [5.74, 6) is -0.889. The van der Waals surface area contributed by atoms with Gasteiger partial charge in [0.15, 0.2) is 0 Å². The number of nitrogen functional groups attached to an aromatic ring is 1. The van der Waals surface area contributed by atoms with Crippen LogP contribution in [-0.2, 0) is 0 Å². The van der Waals surface area contributed by atoms with E-state index in [1.807, 2.05) is 12.1 Å². The monoisotopic (exact) mass is 434 g/mol. The Morgan fingerprint density at radius 3 is 2.34 bits per heavy atom. The number of halogens is 1. The van der Waals surface area contributed by atoms with Crippen molar-refractivity contribution in [2.45, 2.75) is 19.9 Å². The van der Waals surface area contributed by atoms with Crippen molar-refractivity contribution in [1.82, 2.24) is 14.9 Å². The first-order chi connectivity index (χ1) is 15.4. The normalized spacial score (nSPS) is 14.6. The highest BCUT2D eigenvalue weighted by Gasteiger charge is 2.20. The maximum Gasteiger partial charge on any atom is 0.229 e. The average Bonchev–Trinajstić information content (AvgIpc) is 2.80. The van der Waals surface area contributed by atoms with Gasteiger partial charge in [0, 0.05) is 49.8 Å². The number of carbonyl (C=O) groups is 1. The molecule has 1 aliphatic heterocycles. The van der Waals surface area contributed by atoms with E-state index in [1.54, 1.807) is 6.07 Å². The lowest BCUT2D eigenvalue weighted by atomic mass is 10.0. The molecule has 0 spiro atoms. The number of piperazine rings is 1. The van der Waals surface area contributed by atoms with Crippen molar-refractivity contribution in [3.05, 3.63) is 71.7 Å². The number of ketones is 1. The van der Waals surface area contributed by atoms with Gasteiger partial charge in [-0.3, -0.25) is 9.69 Å². The molecule has 7 nitrogen and oxygen atoms in total. The van der Waals surface area contributed by atoms with Crippen LogP contribution in [-0.4, -0.2) is 52.9 Å². The van der Waals surface area contributed by atoms with Crippen molar-refractivity contribution in [3.63, 3.8) is 0 Å². The van der Waals surface area contributed by atoms with Gasteiger partial charge in [-0.1, -0.05) is 12.1 Å². The second-order valence-electron chi connectivity index (χ2n) is 8.09. The smallest absolute Gasteiger partial charge is 0.229 e. The summed E-state index contributed by atoms with van der Waals surface area (Å²) in [7, 11) is 0. The van der Waals surface area contributed by atoms with Gasteiger partial charge in [-0.25, -0.2) is 9.37 Å². The molecule has 1 fully saturated rings. The van der Waals surface area contributed by atoms with Crippen LogP contribution in [0.1, 0.15) is 29.8 Å². The van der Waals surface area contributed by atoms with Gasteiger partial charge in [0.2, 0.25) is 11.7 Å². The van der Waals surface area contributed by atoms with Gasteiger partial charge >= 0.3 is 0 Å². The van der Waals surface area contributed by atoms with Gasteiger partial charge < -0.3 is 16.0 Å². The van der Waals surface area contributed by atoms with Crippen LogP contribution >= 0.6 is 0 Å². The Morgan fingerprint density at radius 2 is 1.72 bits per heavy atom. The van der Waals surface area contributed by atoms with E-state index in [4.69, 9.17) is 5.73 Å². The van der Waals surface area contributed by atoms with Crippen LogP contribution in [0.25, 0.3) is 0 Å². The molecular weight excluding hydrogens is 407 g/mol. The van der Waals surface area contributed by atoms with Gasteiger partial charge in [-0.15, -0.1) is 0 Å². The summed E-state index contributed by atoms with van der Waals surface area (Å²) in [4.78, 5) is 25.8. The number of rotatable bonds is 6. The molecule has 4 rings (SSSR count). The molecule has 0 saturated carbocycles. The number of aromatic nitrogens is 2. The summed E-state index contributed by atoms with van der Waals surface area (Å²) in [5, 5.41) is 3.10. The molecule has 2 aromatic carbocycles. The number of nitrogens with zero attached hydrogens (tertiary/aromatic N) is 4. The number of benzene rings is 2. The fraction of sp³-hybridized carbons (Fsp3) is 0.292. The first kappa shape index (κ1) is 21.7. The van der Waals surface area contributed by atoms with E-state index >= 15 is 0 Å². The number of nitrogens with two attached hydrogens (primary N) is 1. The van der Waals surface area contributed by atoms with Crippen LogP contribution < -0.4 is 16.0 Å². The molecule has 166 valence electrons. The van der Waals surface area contributed by atoms with Gasteiger partial charge in [0.1, 0.15) is 11.6 Å². The molecule has 0 amide bonds. The Hall–Kier alpha value is -3.52. The van der Waals surface area contributed by atoms with Crippen LogP contribution in [0.3, 0.4) is 0 Å². The SMILES string of the molecule is CC(C)N1CCN(c2ccc(Nc3ncc(C(=O)c4ccccc4F)c(N)n3)cc2)CC1. The topological polar surface area (TPSA) is 87.4 Å². The van der Waals surface area contributed by atoms with Gasteiger partial charge in [0.25, 0.3) is 0 Å². The van der Waals surface area contributed by atoms with Crippen molar-refractivity contribution in [2.24, 2.45) is 0 Å². The molecule has 0 radical (unpaired) electrons. The molecule has 2 heterocycles. The summed E-state index contributed by atoms with van der Waals surface area (Å²) >= 11 is 0.